The zero-order chi connectivity index (χ0) is 18.4. The van der Waals surface area contributed by atoms with Crippen molar-refractivity contribution in [1.29, 1.82) is 0 Å². The second kappa shape index (κ2) is 8.46. The van der Waals surface area contributed by atoms with Crippen LogP contribution in [0.1, 0.15) is 29.0 Å². The summed E-state index contributed by atoms with van der Waals surface area (Å²) in [7, 11) is -0.162. The van der Waals surface area contributed by atoms with Crippen LogP contribution in [0.15, 0.2) is 41.8 Å². The molecule has 0 aliphatic carbocycles. The lowest BCUT2D eigenvalue weighted by Crippen LogP contribution is -2.38. The maximum absolute atomic E-state index is 12.3. The normalized spacial score (nSPS) is 12.6. The Morgan fingerprint density at radius 2 is 1.96 bits per heavy atom. The Morgan fingerprint density at radius 1 is 1.24 bits per heavy atom. The van der Waals surface area contributed by atoms with Crippen molar-refractivity contribution in [2.75, 3.05) is 14.1 Å². The fraction of sp³-hybridized carbons (Fsp3) is 0.353. The summed E-state index contributed by atoms with van der Waals surface area (Å²) >= 11 is 1.62. The summed E-state index contributed by atoms with van der Waals surface area (Å²) in [5.74, 6) is -0.0827. The van der Waals surface area contributed by atoms with Gasteiger partial charge in [0.1, 0.15) is 0 Å². The van der Waals surface area contributed by atoms with E-state index in [1.54, 1.807) is 41.5 Å². The van der Waals surface area contributed by atoms with Crippen LogP contribution in [0.4, 0.5) is 4.79 Å². The molecule has 1 heterocycles. The summed E-state index contributed by atoms with van der Waals surface area (Å²) in [6.07, 6.45) is 0. The fourth-order valence-electron chi connectivity index (χ4n) is 2.32. The standard InChI is InChI=1S/C17H23N3O3S2/c1-13(16-8-5-9-24-16)20(3)17(21)19-11-14-6-4-7-15(10-14)12-25(22,23)18-2/h4-10,13,18H,11-12H2,1-3H3,(H,19,21). The van der Waals surface area contributed by atoms with Crippen molar-refractivity contribution in [3.63, 3.8) is 0 Å². The third-order valence-corrected chi connectivity index (χ3v) is 6.34. The van der Waals surface area contributed by atoms with E-state index in [4.69, 9.17) is 0 Å². The maximum atomic E-state index is 12.3. The number of benzene rings is 1. The molecule has 2 N–H and O–H groups in total. The van der Waals surface area contributed by atoms with Crippen LogP contribution in [0.2, 0.25) is 0 Å². The van der Waals surface area contributed by atoms with E-state index in [9.17, 15) is 13.2 Å². The molecule has 25 heavy (non-hydrogen) atoms. The maximum Gasteiger partial charge on any atom is 0.317 e. The monoisotopic (exact) mass is 381 g/mol. The molecule has 8 heteroatoms. The Balaban J connectivity index is 1.95. The van der Waals surface area contributed by atoms with E-state index in [0.29, 0.717) is 12.1 Å². The van der Waals surface area contributed by atoms with Crippen molar-refractivity contribution < 1.29 is 13.2 Å². The van der Waals surface area contributed by atoms with E-state index < -0.39 is 10.0 Å². The van der Waals surface area contributed by atoms with Gasteiger partial charge in [-0.2, -0.15) is 0 Å². The molecule has 0 aliphatic rings. The van der Waals surface area contributed by atoms with Gasteiger partial charge in [0, 0.05) is 18.5 Å². The van der Waals surface area contributed by atoms with Crippen LogP contribution in [-0.2, 0) is 22.3 Å². The molecule has 1 unspecified atom stereocenters. The molecule has 1 aromatic carbocycles. The molecule has 2 aromatic rings. The SMILES string of the molecule is CNS(=O)(=O)Cc1cccc(CNC(=O)N(C)C(C)c2cccs2)c1. The van der Waals surface area contributed by atoms with Crippen molar-refractivity contribution >= 4 is 27.4 Å². The van der Waals surface area contributed by atoms with Gasteiger partial charge in [0.05, 0.1) is 11.8 Å². The van der Waals surface area contributed by atoms with E-state index in [1.165, 1.54) is 7.05 Å². The minimum Gasteiger partial charge on any atom is -0.334 e. The summed E-state index contributed by atoms with van der Waals surface area (Å²) < 4.78 is 25.6. The van der Waals surface area contributed by atoms with Gasteiger partial charge < -0.3 is 10.2 Å². The highest BCUT2D eigenvalue weighted by Crippen LogP contribution is 2.23. The number of nitrogens with zero attached hydrogens (tertiary/aromatic N) is 1. The smallest absolute Gasteiger partial charge is 0.317 e. The van der Waals surface area contributed by atoms with E-state index >= 15 is 0 Å². The van der Waals surface area contributed by atoms with Crippen LogP contribution < -0.4 is 10.0 Å². The zero-order valence-corrected chi connectivity index (χ0v) is 16.2. The lowest BCUT2D eigenvalue weighted by molar-refractivity contribution is 0.194. The van der Waals surface area contributed by atoms with Crippen molar-refractivity contribution in [3.05, 3.63) is 57.8 Å². The van der Waals surface area contributed by atoms with Crippen LogP contribution in [-0.4, -0.2) is 33.4 Å². The molecule has 1 atom stereocenters. The van der Waals surface area contributed by atoms with E-state index in [-0.39, 0.29) is 17.8 Å². The second-order valence-corrected chi connectivity index (χ2v) is 8.65. The summed E-state index contributed by atoms with van der Waals surface area (Å²) in [6, 6.07) is 11.0. The minimum atomic E-state index is -3.31. The number of amides is 2. The topological polar surface area (TPSA) is 78.5 Å². The number of nitrogens with one attached hydrogen (secondary N) is 2. The summed E-state index contributed by atoms with van der Waals surface area (Å²) in [5, 5.41) is 4.86. The molecule has 0 saturated heterocycles. The molecule has 0 spiro atoms. The van der Waals surface area contributed by atoms with Crippen LogP contribution >= 0.6 is 11.3 Å². The number of hydrogen-bond acceptors (Lipinski definition) is 4. The number of carbonyl (C=O) groups excluding carboxylic acids is 1. The Hall–Kier alpha value is -1.90. The molecule has 6 nitrogen and oxygen atoms in total. The van der Waals surface area contributed by atoms with Crippen molar-refractivity contribution in [2.24, 2.45) is 0 Å². The van der Waals surface area contributed by atoms with Gasteiger partial charge in [0.2, 0.25) is 10.0 Å². The molecule has 0 saturated carbocycles. The molecular weight excluding hydrogens is 358 g/mol. The van der Waals surface area contributed by atoms with Gasteiger partial charge in [0.15, 0.2) is 0 Å². The second-order valence-electron chi connectivity index (χ2n) is 5.74. The third-order valence-electron chi connectivity index (χ3n) is 3.96. The third kappa shape index (κ3) is 5.55. The lowest BCUT2D eigenvalue weighted by atomic mass is 10.1. The van der Waals surface area contributed by atoms with Crippen LogP contribution in [0.25, 0.3) is 0 Å². The highest BCUT2D eigenvalue weighted by atomic mass is 32.2. The Labute approximate surface area is 152 Å². The number of rotatable bonds is 7. The molecule has 0 radical (unpaired) electrons. The first kappa shape index (κ1) is 19.4. The molecule has 2 amide bonds. The highest BCUT2D eigenvalue weighted by Gasteiger charge is 2.17. The molecule has 0 aliphatic heterocycles. The molecule has 0 fully saturated rings. The van der Waals surface area contributed by atoms with Gasteiger partial charge in [-0.15, -0.1) is 11.3 Å². The van der Waals surface area contributed by atoms with Crippen LogP contribution in [0.3, 0.4) is 0 Å². The number of hydrogen-bond donors (Lipinski definition) is 2. The fourth-order valence-corrected chi connectivity index (χ4v) is 3.91. The van der Waals surface area contributed by atoms with Crippen molar-refractivity contribution in [2.45, 2.75) is 25.3 Å². The number of thiophene rings is 1. The lowest BCUT2D eigenvalue weighted by Gasteiger charge is -2.24. The van der Waals surface area contributed by atoms with E-state index in [1.807, 2.05) is 30.5 Å². The van der Waals surface area contributed by atoms with Gasteiger partial charge in [0.25, 0.3) is 0 Å². The Bertz CT molecular complexity index is 804. The largest absolute Gasteiger partial charge is 0.334 e. The van der Waals surface area contributed by atoms with E-state index in [2.05, 4.69) is 10.0 Å². The van der Waals surface area contributed by atoms with Gasteiger partial charge in [-0.05, 0) is 36.5 Å². The Kier molecular flexibility index (Phi) is 6.57. The van der Waals surface area contributed by atoms with Gasteiger partial charge >= 0.3 is 6.03 Å². The van der Waals surface area contributed by atoms with Crippen LogP contribution in [0, 0.1) is 0 Å². The minimum absolute atomic E-state index is 0.00731. The van der Waals surface area contributed by atoms with Crippen LogP contribution in [0.5, 0.6) is 0 Å². The van der Waals surface area contributed by atoms with Gasteiger partial charge in [-0.25, -0.2) is 17.9 Å². The highest BCUT2D eigenvalue weighted by molar-refractivity contribution is 7.88. The quantitative estimate of drug-likeness (QED) is 0.774. The molecule has 136 valence electrons. The van der Waals surface area contributed by atoms with Gasteiger partial charge in [-0.3, -0.25) is 0 Å². The van der Waals surface area contributed by atoms with Crippen molar-refractivity contribution in [3.8, 4) is 0 Å². The molecular formula is C17H23N3O3S2. The summed E-state index contributed by atoms with van der Waals surface area (Å²) in [6.45, 7) is 2.32. The summed E-state index contributed by atoms with van der Waals surface area (Å²) in [5.41, 5.74) is 1.54. The number of carbonyl (C=O) groups is 1. The first-order chi connectivity index (χ1) is 11.8. The number of sulfonamides is 1. The average molecular weight is 382 g/mol. The Morgan fingerprint density at radius 3 is 2.60 bits per heavy atom. The molecule has 2 rings (SSSR count). The van der Waals surface area contributed by atoms with Gasteiger partial charge in [-0.1, -0.05) is 30.3 Å². The number of urea groups is 1. The first-order valence-corrected chi connectivity index (χ1v) is 10.4. The molecule has 0 bridgehead atoms. The van der Waals surface area contributed by atoms with E-state index in [0.717, 1.165) is 10.4 Å². The molecule has 1 aromatic heterocycles. The summed E-state index contributed by atoms with van der Waals surface area (Å²) in [4.78, 5) is 15.1. The first-order valence-electron chi connectivity index (χ1n) is 7.85. The predicted molar refractivity (Wildman–Crippen MR) is 101 cm³/mol. The zero-order valence-electron chi connectivity index (χ0n) is 14.5. The predicted octanol–water partition coefficient (Wildman–Crippen LogP) is 2.70. The average Bonchev–Trinajstić information content (AvgIpc) is 3.13. The van der Waals surface area contributed by atoms with Crippen molar-refractivity contribution in [1.82, 2.24) is 14.9 Å².